The van der Waals surface area contributed by atoms with Crippen LogP contribution in [0.4, 0.5) is 9.59 Å². The molecule has 0 atom stereocenters. The number of rotatable bonds is 1. The third kappa shape index (κ3) is 5.00. The van der Waals surface area contributed by atoms with Crippen LogP contribution < -0.4 is 16.3 Å². The second-order valence-corrected chi connectivity index (χ2v) is 2.54. The van der Waals surface area contributed by atoms with Crippen LogP contribution >= 0.6 is 0 Å². The van der Waals surface area contributed by atoms with Crippen molar-refractivity contribution in [2.45, 2.75) is 0 Å². The van der Waals surface area contributed by atoms with E-state index in [2.05, 4.69) is 5.43 Å². The van der Waals surface area contributed by atoms with Gasteiger partial charge in [0.25, 0.3) is 0 Å². The lowest BCUT2D eigenvalue weighted by molar-refractivity contribution is -0.174. The molecule has 1 saturated heterocycles. The lowest BCUT2D eigenvalue weighted by Gasteiger charge is -2.18. The van der Waals surface area contributed by atoms with E-state index >= 15 is 0 Å². The minimum atomic E-state index is -1.36. The summed E-state index contributed by atoms with van der Waals surface area (Å²) in [4.78, 5) is 26.1. The van der Waals surface area contributed by atoms with E-state index in [4.69, 9.17) is 14.7 Å². The normalized spacial score (nSPS) is 17.6. The van der Waals surface area contributed by atoms with Gasteiger partial charge in [0.1, 0.15) is 0 Å². The van der Waals surface area contributed by atoms with E-state index in [1.54, 1.807) is 5.43 Å². The highest BCUT2D eigenvalue weighted by Gasteiger charge is 2.12. The van der Waals surface area contributed by atoms with Gasteiger partial charge in [-0.3, -0.25) is 4.84 Å². The van der Waals surface area contributed by atoms with Crippen molar-refractivity contribution in [3.8, 4) is 0 Å². The molecule has 86 valence electrons. The molecule has 15 heavy (non-hydrogen) atoms. The second kappa shape index (κ2) is 6.01. The minimum absolute atomic E-state index is 0.326. The van der Waals surface area contributed by atoms with Crippen molar-refractivity contribution >= 4 is 12.1 Å². The molecule has 0 aromatic rings. The summed E-state index contributed by atoms with van der Waals surface area (Å²) in [6.07, 6.45) is -1.36. The average molecular weight is 220 g/mol. The van der Waals surface area contributed by atoms with E-state index in [0.29, 0.717) is 26.4 Å². The fourth-order valence-corrected chi connectivity index (χ4v) is 0.860. The molecule has 0 bridgehead atoms. The molecule has 0 aromatic carbocycles. The van der Waals surface area contributed by atoms with E-state index in [-0.39, 0.29) is 0 Å². The summed E-state index contributed by atoms with van der Waals surface area (Å²) in [6.45, 7) is 1.56. The molecule has 1 rings (SSSR count). The van der Waals surface area contributed by atoms with Crippen molar-refractivity contribution in [3.05, 3.63) is 0 Å². The van der Waals surface area contributed by atoms with Gasteiger partial charge in [0, 0.05) is 0 Å². The van der Waals surface area contributed by atoms with Gasteiger partial charge in [0.2, 0.25) is 0 Å². The first-order chi connectivity index (χ1) is 7.18. The molecule has 1 fully saturated rings. The fraction of sp³-hybridized carbons (Fsp3) is 0.667. The molecule has 9 heteroatoms. The monoisotopic (exact) mass is 220 g/mol. The Morgan fingerprint density at radius 3 is 2.73 bits per heavy atom. The number of hydrogen-bond acceptors (Lipinski definition) is 5. The number of hydrogen-bond donors (Lipinski definition) is 4. The van der Waals surface area contributed by atoms with Crippen LogP contribution in [0.2, 0.25) is 0 Å². The molecule has 0 saturated carbocycles. The van der Waals surface area contributed by atoms with Gasteiger partial charge in [-0.15, -0.1) is 0 Å². The summed E-state index contributed by atoms with van der Waals surface area (Å²) in [6, 6.07) is -0.737. The van der Waals surface area contributed by atoms with Crippen LogP contribution in [-0.4, -0.2) is 48.8 Å². The molecule has 0 aliphatic carbocycles. The second-order valence-electron chi connectivity index (χ2n) is 2.54. The molecule has 0 aromatic heterocycles. The topological polar surface area (TPSA) is 112 Å². The van der Waals surface area contributed by atoms with Crippen molar-refractivity contribution in [1.29, 1.82) is 0 Å². The number of hydroxylamine groups is 1. The van der Waals surface area contributed by atoms with E-state index in [0.717, 1.165) is 0 Å². The largest absolute Gasteiger partial charge is 0.464 e. The summed E-state index contributed by atoms with van der Waals surface area (Å²) in [5.74, 6) is 0. The number of carbonyl (C=O) groups is 2. The first-order valence-electron chi connectivity index (χ1n) is 4.22. The Hall–Kier alpha value is -1.58. The number of carbonyl (C=O) groups excluding carboxylic acids is 1. The zero-order valence-corrected chi connectivity index (χ0v) is 7.86. The summed E-state index contributed by atoms with van der Waals surface area (Å²) < 4.78 is 5.06. The maximum absolute atomic E-state index is 11.0. The van der Waals surface area contributed by atoms with E-state index in [1.165, 1.54) is 5.17 Å². The third-order valence-electron chi connectivity index (χ3n) is 1.42. The van der Waals surface area contributed by atoms with Crippen molar-refractivity contribution in [3.63, 3.8) is 0 Å². The number of carboxylic acid groups (broad SMARTS) is 1. The minimum Gasteiger partial charge on any atom is -0.464 e. The first kappa shape index (κ1) is 11.5. The van der Waals surface area contributed by atoms with E-state index < -0.39 is 12.1 Å². The molecule has 0 unspecified atom stereocenters. The van der Waals surface area contributed by atoms with Gasteiger partial charge < -0.3 is 9.84 Å². The van der Waals surface area contributed by atoms with Crippen molar-refractivity contribution in [1.82, 2.24) is 21.4 Å². The third-order valence-corrected chi connectivity index (χ3v) is 1.42. The Labute approximate surface area is 85.2 Å². The molecule has 3 amide bonds. The average Bonchev–Trinajstić information content (AvgIpc) is 2.43. The number of hydrazine groups is 2. The highest BCUT2D eigenvalue weighted by Crippen LogP contribution is 1.92. The summed E-state index contributed by atoms with van der Waals surface area (Å²) in [7, 11) is 0. The van der Waals surface area contributed by atoms with Crippen molar-refractivity contribution in [2.24, 2.45) is 0 Å². The molecule has 0 spiro atoms. The quantitative estimate of drug-likeness (QED) is 0.406. The molecular weight excluding hydrogens is 208 g/mol. The SMILES string of the molecule is O=C(O)NNC(=O)NN1CCOCCO1. The summed E-state index contributed by atoms with van der Waals surface area (Å²) in [5, 5.41) is 9.37. The Morgan fingerprint density at radius 1 is 1.20 bits per heavy atom. The van der Waals surface area contributed by atoms with Gasteiger partial charge in [-0.05, 0) is 0 Å². The maximum atomic E-state index is 11.0. The first-order valence-corrected chi connectivity index (χ1v) is 4.22. The van der Waals surface area contributed by atoms with Gasteiger partial charge >= 0.3 is 12.1 Å². The lowest BCUT2D eigenvalue weighted by atomic mass is 10.7. The molecule has 9 nitrogen and oxygen atoms in total. The fourth-order valence-electron chi connectivity index (χ4n) is 0.860. The van der Waals surface area contributed by atoms with Gasteiger partial charge in [-0.1, -0.05) is 5.17 Å². The molecule has 1 aliphatic heterocycles. The molecule has 1 heterocycles. The standard InChI is InChI=1S/C6H12N4O5/c11-5(7-8-6(12)13)9-10-1-2-14-3-4-15-10/h8H,1-4H2,(H,12,13)(H2,7,9,11). The smallest absolute Gasteiger partial charge is 0.423 e. The molecule has 0 radical (unpaired) electrons. The summed E-state index contributed by atoms with van der Waals surface area (Å²) in [5.41, 5.74) is 5.85. The Bertz CT molecular complexity index is 228. The van der Waals surface area contributed by atoms with Crippen LogP contribution in [0, 0.1) is 0 Å². The number of amides is 3. The van der Waals surface area contributed by atoms with Crippen molar-refractivity contribution in [2.75, 3.05) is 26.4 Å². The Kier molecular flexibility index (Phi) is 4.60. The van der Waals surface area contributed by atoms with Crippen LogP contribution in [0.15, 0.2) is 0 Å². The lowest BCUT2D eigenvalue weighted by Crippen LogP contribution is -2.52. The molecular formula is C6H12N4O5. The number of nitrogens with one attached hydrogen (secondary N) is 3. The van der Waals surface area contributed by atoms with E-state index in [9.17, 15) is 9.59 Å². The van der Waals surface area contributed by atoms with Gasteiger partial charge in [-0.25, -0.2) is 25.9 Å². The Balaban J connectivity index is 2.20. The Morgan fingerprint density at radius 2 is 2.00 bits per heavy atom. The van der Waals surface area contributed by atoms with Gasteiger partial charge in [-0.2, -0.15) is 0 Å². The number of urea groups is 1. The van der Waals surface area contributed by atoms with E-state index in [1.807, 2.05) is 5.43 Å². The predicted octanol–water partition coefficient (Wildman–Crippen LogP) is -1.35. The van der Waals surface area contributed by atoms with Crippen LogP contribution in [0.1, 0.15) is 0 Å². The zero-order valence-electron chi connectivity index (χ0n) is 7.86. The number of ether oxygens (including phenoxy) is 1. The predicted molar refractivity (Wildman–Crippen MR) is 46.3 cm³/mol. The molecule has 1 aliphatic rings. The maximum Gasteiger partial charge on any atom is 0.423 e. The van der Waals surface area contributed by atoms with Crippen LogP contribution in [0.25, 0.3) is 0 Å². The van der Waals surface area contributed by atoms with Crippen LogP contribution in [0.5, 0.6) is 0 Å². The van der Waals surface area contributed by atoms with Crippen LogP contribution in [-0.2, 0) is 9.57 Å². The molecule has 4 N–H and O–H groups in total. The number of nitrogens with zero attached hydrogens (tertiary/aromatic N) is 1. The zero-order chi connectivity index (χ0) is 11.1. The van der Waals surface area contributed by atoms with Gasteiger partial charge in [0.05, 0.1) is 26.4 Å². The summed E-state index contributed by atoms with van der Waals surface area (Å²) >= 11 is 0. The van der Waals surface area contributed by atoms with Crippen LogP contribution in [0.3, 0.4) is 0 Å². The highest BCUT2D eigenvalue weighted by atomic mass is 16.7. The van der Waals surface area contributed by atoms with Gasteiger partial charge in [0.15, 0.2) is 0 Å². The van der Waals surface area contributed by atoms with Crippen molar-refractivity contribution < 1.29 is 24.3 Å². The highest BCUT2D eigenvalue weighted by molar-refractivity contribution is 5.76.